The van der Waals surface area contributed by atoms with Crippen molar-refractivity contribution in [2.24, 2.45) is 5.41 Å². The van der Waals surface area contributed by atoms with Crippen LogP contribution in [-0.4, -0.2) is 13.1 Å². The van der Waals surface area contributed by atoms with E-state index in [-0.39, 0.29) is 0 Å². The third kappa shape index (κ3) is 2.55. The van der Waals surface area contributed by atoms with E-state index in [1.165, 1.54) is 24.0 Å². The Bertz CT molecular complexity index is 367. The molecule has 0 radical (unpaired) electrons. The van der Waals surface area contributed by atoms with E-state index < -0.39 is 0 Å². The first-order valence-corrected chi connectivity index (χ1v) is 6.75. The highest BCUT2D eigenvalue weighted by Gasteiger charge is 2.49. The minimum atomic E-state index is 0.382. The van der Waals surface area contributed by atoms with Crippen LogP contribution in [0.15, 0.2) is 24.3 Å². The highest BCUT2D eigenvalue weighted by atomic mass is 14.9. The third-order valence-electron chi connectivity index (χ3n) is 4.01. The Labute approximate surface area is 106 Å². The predicted molar refractivity (Wildman–Crippen MR) is 74.4 cm³/mol. The average Bonchev–Trinajstić information content (AvgIpc) is 2.24. The fourth-order valence-corrected chi connectivity index (χ4v) is 3.48. The summed E-state index contributed by atoms with van der Waals surface area (Å²) in [6.07, 6.45) is 2.60. The van der Waals surface area contributed by atoms with Crippen LogP contribution in [0.2, 0.25) is 0 Å². The van der Waals surface area contributed by atoms with Crippen LogP contribution in [0.25, 0.3) is 0 Å². The molecule has 0 spiro atoms. The van der Waals surface area contributed by atoms with Crippen LogP contribution in [-0.2, 0) is 5.41 Å². The minimum Gasteiger partial charge on any atom is -0.316 e. The molecule has 1 heteroatoms. The van der Waals surface area contributed by atoms with Crippen molar-refractivity contribution in [3.63, 3.8) is 0 Å². The van der Waals surface area contributed by atoms with E-state index in [4.69, 9.17) is 0 Å². The maximum absolute atomic E-state index is 3.54. The molecule has 2 rings (SSSR count). The van der Waals surface area contributed by atoms with Crippen molar-refractivity contribution < 1.29 is 0 Å². The second-order valence-corrected chi connectivity index (χ2v) is 6.44. The Morgan fingerprint density at radius 1 is 1.12 bits per heavy atom. The predicted octanol–water partition coefficient (Wildman–Crippen LogP) is 3.66. The van der Waals surface area contributed by atoms with Gasteiger partial charge in [-0.2, -0.15) is 0 Å². The van der Waals surface area contributed by atoms with Gasteiger partial charge < -0.3 is 5.32 Å². The minimum absolute atomic E-state index is 0.382. The van der Waals surface area contributed by atoms with Gasteiger partial charge in [-0.15, -0.1) is 0 Å². The molecule has 0 saturated heterocycles. The quantitative estimate of drug-likeness (QED) is 0.834. The molecule has 94 valence electrons. The molecule has 0 heterocycles. The number of benzene rings is 1. The van der Waals surface area contributed by atoms with Gasteiger partial charge in [-0.3, -0.25) is 0 Å². The molecule has 0 unspecified atom stereocenters. The lowest BCUT2D eigenvalue weighted by Gasteiger charge is -2.54. The molecule has 1 N–H and O–H groups in total. The van der Waals surface area contributed by atoms with Gasteiger partial charge in [0.1, 0.15) is 0 Å². The molecule has 0 bridgehead atoms. The third-order valence-corrected chi connectivity index (χ3v) is 4.01. The van der Waals surface area contributed by atoms with Gasteiger partial charge in [0.05, 0.1) is 0 Å². The lowest BCUT2D eigenvalue weighted by molar-refractivity contribution is 0.0567. The molecule has 1 aliphatic carbocycles. The maximum atomic E-state index is 3.54. The van der Waals surface area contributed by atoms with Crippen LogP contribution in [0.4, 0.5) is 0 Å². The lowest BCUT2D eigenvalue weighted by Crippen LogP contribution is -2.52. The first-order chi connectivity index (χ1) is 7.97. The Hall–Kier alpha value is -0.820. The van der Waals surface area contributed by atoms with Crippen LogP contribution in [0, 0.1) is 12.3 Å². The number of aryl methyl sites for hydroxylation is 1. The zero-order valence-corrected chi connectivity index (χ0v) is 11.6. The summed E-state index contributed by atoms with van der Waals surface area (Å²) >= 11 is 0. The highest BCUT2D eigenvalue weighted by molar-refractivity contribution is 5.33. The van der Waals surface area contributed by atoms with Crippen LogP contribution in [0.5, 0.6) is 0 Å². The monoisotopic (exact) mass is 231 g/mol. The number of hydrogen-bond acceptors (Lipinski definition) is 1. The molecule has 0 aliphatic heterocycles. The van der Waals surface area contributed by atoms with Crippen LogP contribution < -0.4 is 5.32 Å². The van der Waals surface area contributed by atoms with E-state index in [0.29, 0.717) is 10.8 Å². The van der Waals surface area contributed by atoms with Gasteiger partial charge in [0.15, 0.2) is 0 Å². The first-order valence-electron chi connectivity index (χ1n) is 6.75. The summed E-state index contributed by atoms with van der Waals surface area (Å²) in [5, 5.41) is 3.54. The zero-order chi connectivity index (χ0) is 12.5. The van der Waals surface area contributed by atoms with Gasteiger partial charge in [-0.1, -0.05) is 50.6 Å². The van der Waals surface area contributed by atoms with Gasteiger partial charge >= 0.3 is 0 Å². The van der Waals surface area contributed by atoms with E-state index in [0.717, 1.165) is 13.1 Å². The van der Waals surface area contributed by atoms with E-state index in [2.05, 4.69) is 57.3 Å². The van der Waals surface area contributed by atoms with Crippen molar-refractivity contribution in [3.8, 4) is 0 Å². The fourth-order valence-electron chi connectivity index (χ4n) is 3.48. The maximum Gasteiger partial charge on any atom is 0.00879 e. The number of rotatable bonds is 4. The van der Waals surface area contributed by atoms with Gasteiger partial charge in [0.25, 0.3) is 0 Å². The SMILES string of the molecule is CCNCC1(c2ccc(C)cc2)CC(C)(C)C1. The number of likely N-dealkylation sites (N-methyl/N-ethyl adjacent to an activating group) is 1. The van der Waals surface area contributed by atoms with Crippen molar-refractivity contribution in [1.29, 1.82) is 0 Å². The molecule has 0 atom stereocenters. The molecular formula is C16H25N. The van der Waals surface area contributed by atoms with Crippen molar-refractivity contribution >= 4 is 0 Å². The summed E-state index contributed by atoms with van der Waals surface area (Å²) in [6.45, 7) is 11.3. The molecule has 1 fully saturated rings. The largest absolute Gasteiger partial charge is 0.316 e. The second-order valence-electron chi connectivity index (χ2n) is 6.44. The van der Waals surface area contributed by atoms with Crippen molar-refractivity contribution in [3.05, 3.63) is 35.4 Å². The van der Waals surface area contributed by atoms with Crippen LogP contribution >= 0.6 is 0 Å². The van der Waals surface area contributed by atoms with E-state index >= 15 is 0 Å². The smallest absolute Gasteiger partial charge is 0.00879 e. The summed E-state index contributed by atoms with van der Waals surface area (Å²) in [5.41, 5.74) is 3.77. The second kappa shape index (κ2) is 4.45. The number of nitrogens with one attached hydrogen (secondary N) is 1. The molecule has 1 aliphatic rings. The fraction of sp³-hybridized carbons (Fsp3) is 0.625. The number of hydrogen-bond donors (Lipinski definition) is 1. The lowest BCUT2D eigenvalue weighted by atomic mass is 9.52. The summed E-state index contributed by atoms with van der Waals surface area (Å²) in [6, 6.07) is 9.13. The molecule has 1 saturated carbocycles. The molecule has 1 aromatic rings. The first kappa shape index (κ1) is 12.6. The van der Waals surface area contributed by atoms with Gasteiger partial charge in [0.2, 0.25) is 0 Å². The van der Waals surface area contributed by atoms with Crippen molar-refractivity contribution in [2.75, 3.05) is 13.1 Å². The van der Waals surface area contributed by atoms with E-state index in [9.17, 15) is 0 Å². The Morgan fingerprint density at radius 2 is 1.71 bits per heavy atom. The van der Waals surface area contributed by atoms with Crippen LogP contribution in [0.3, 0.4) is 0 Å². The standard InChI is InChI=1S/C16H25N/c1-5-17-12-16(10-15(3,4)11-16)14-8-6-13(2)7-9-14/h6-9,17H,5,10-12H2,1-4H3. The zero-order valence-electron chi connectivity index (χ0n) is 11.6. The summed E-state index contributed by atoms with van der Waals surface area (Å²) in [4.78, 5) is 0. The Balaban J connectivity index is 2.20. The average molecular weight is 231 g/mol. The summed E-state index contributed by atoms with van der Waals surface area (Å²) < 4.78 is 0. The molecule has 1 nitrogen and oxygen atoms in total. The molecule has 0 aromatic heterocycles. The Morgan fingerprint density at radius 3 is 2.18 bits per heavy atom. The molecular weight excluding hydrogens is 206 g/mol. The van der Waals surface area contributed by atoms with Gasteiger partial charge in [0, 0.05) is 12.0 Å². The molecule has 17 heavy (non-hydrogen) atoms. The summed E-state index contributed by atoms with van der Waals surface area (Å²) in [7, 11) is 0. The van der Waals surface area contributed by atoms with Crippen molar-refractivity contribution in [2.45, 2.75) is 46.0 Å². The van der Waals surface area contributed by atoms with Crippen LogP contribution in [0.1, 0.15) is 44.7 Å². The van der Waals surface area contributed by atoms with Crippen molar-refractivity contribution in [1.82, 2.24) is 5.32 Å². The normalized spacial score (nSPS) is 20.9. The highest BCUT2D eigenvalue weighted by Crippen LogP contribution is 2.54. The van der Waals surface area contributed by atoms with E-state index in [1.807, 2.05) is 0 Å². The summed E-state index contributed by atoms with van der Waals surface area (Å²) in [5.74, 6) is 0. The Kier molecular flexibility index (Phi) is 3.31. The van der Waals surface area contributed by atoms with Gasteiger partial charge in [-0.25, -0.2) is 0 Å². The molecule has 0 amide bonds. The topological polar surface area (TPSA) is 12.0 Å². The van der Waals surface area contributed by atoms with E-state index in [1.54, 1.807) is 0 Å². The van der Waals surface area contributed by atoms with Gasteiger partial charge in [-0.05, 0) is 37.3 Å². The molecule has 1 aromatic carbocycles.